The second-order valence-electron chi connectivity index (χ2n) is 5.46. The maximum atomic E-state index is 12.1. The molecule has 0 atom stereocenters. The molecule has 0 aliphatic carbocycles. The van der Waals surface area contributed by atoms with Gasteiger partial charge in [-0.15, -0.1) is 0 Å². The number of nitrogens with zero attached hydrogens (tertiary/aromatic N) is 2. The number of amides is 1. The Labute approximate surface area is 139 Å². The summed E-state index contributed by atoms with van der Waals surface area (Å²) in [5.74, 6) is -0.174. The van der Waals surface area contributed by atoms with Crippen molar-refractivity contribution in [3.05, 3.63) is 23.8 Å². The number of anilines is 2. The van der Waals surface area contributed by atoms with Crippen LogP contribution in [0, 0.1) is 6.92 Å². The number of nitrogens with one attached hydrogen (secondary N) is 1. The van der Waals surface area contributed by atoms with E-state index in [0.29, 0.717) is 5.69 Å². The van der Waals surface area contributed by atoms with E-state index in [1.54, 1.807) is 0 Å². The minimum absolute atomic E-state index is 0.174. The molecule has 1 aromatic rings. The molecule has 0 bridgehead atoms. The van der Waals surface area contributed by atoms with Crippen LogP contribution in [0.5, 0.6) is 0 Å². The first kappa shape index (κ1) is 19.3. The summed E-state index contributed by atoms with van der Waals surface area (Å²) >= 11 is 0. The minimum Gasteiger partial charge on any atom is -0.372 e. The van der Waals surface area contributed by atoms with Crippen molar-refractivity contribution in [1.82, 2.24) is 5.32 Å². The molecular formula is C16H27N3O3S. The highest BCUT2D eigenvalue weighted by Gasteiger charge is 2.19. The normalized spacial score (nSPS) is 11.2. The second-order valence-corrected chi connectivity index (χ2v) is 7.37. The topological polar surface area (TPSA) is 69.7 Å². The van der Waals surface area contributed by atoms with Gasteiger partial charge in [0.25, 0.3) is 0 Å². The zero-order chi connectivity index (χ0) is 17.6. The zero-order valence-corrected chi connectivity index (χ0v) is 15.4. The maximum absolute atomic E-state index is 12.1. The third-order valence-electron chi connectivity index (χ3n) is 3.67. The highest BCUT2D eigenvalue weighted by Crippen LogP contribution is 2.27. The number of hydrogen-bond acceptors (Lipinski definition) is 4. The molecule has 0 aromatic heterocycles. The molecule has 23 heavy (non-hydrogen) atoms. The third kappa shape index (κ3) is 5.42. The van der Waals surface area contributed by atoms with Crippen LogP contribution >= 0.6 is 0 Å². The van der Waals surface area contributed by atoms with Crippen molar-refractivity contribution in [1.29, 1.82) is 0 Å². The average Bonchev–Trinajstić information content (AvgIpc) is 2.44. The third-order valence-corrected chi connectivity index (χ3v) is 4.85. The Morgan fingerprint density at radius 2 is 1.83 bits per heavy atom. The van der Waals surface area contributed by atoms with E-state index >= 15 is 0 Å². The predicted octanol–water partition coefficient (Wildman–Crippen LogP) is 1.74. The minimum atomic E-state index is -3.41. The van der Waals surface area contributed by atoms with Gasteiger partial charge in [-0.05, 0) is 44.5 Å². The molecule has 0 unspecified atom stereocenters. The van der Waals surface area contributed by atoms with Crippen molar-refractivity contribution in [3.63, 3.8) is 0 Å². The van der Waals surface area contributed by atoms with Crippen molar-refractivity contribution in [2.24, 2.45) is 0 Å². The van der Waals surface area contributed by atoms with Gasteiger partial charge in [0.1, 0.15) is 0 Å². The van der Waals surface area contributed by atoms with E-state index in [1.807, 2.05) is 25.1 Å². The summed E-state index contributed by atoms with van der Waals surface area (Å²) in [5.41, 5.74) is 2.61. The Kier molecular flexibility index (Phi) is 6.87. The lowest BCUT2D eigenvalue weighted by atomic mass is 10.1. The zero-order valence-electron chi connectivity index (χ0n) is 14.6. The van der Waals surface area contributed by atoms with Crippen LogP contribution < -0.4 is 14.5 Å². The van der Waals surface area contributed by atoms with Gasteiger partial charge >= 0.3 is 0 Å². The van der Waals surface area contributed by atoms with Crippen molar-refractivity contribution in [2.45, 2.75) is 27.7 Å². The van der Waals surface area contributed by atoms with E-state index < -0.39 is 10.0 Å². The lowest BCUT2D eigenvalue weighted by Gasteiger charge is -2.27. The molecule has 0 saturated carbocycles. The van der Waals surface area contributed by atoms with Gasteiger partial charge in [-0.25, -0.2) is 8.42 Å². The molecular weight excluding hydrogens is 314 g/mol. The molecule has 6 nitrogen and oxygen atoms in total. The lowest BCUT2D eigenvalue weighted by molar-refractivity contribution is -0.118. The number of carbonyl (C=O) groups is 1. The molecule has 0 fully saturated rings. The quantitative estimate of drug-likeness (QED) is 0.782. The van der Waals surface area contributed by atoms with Crippen LogP contribution in [-0.2, 0) is 14.8 Å². The van der Waals surface area contributed by atoms with E-state index in [-0.39, 0.29) is 19.0 Å². The van der Waals surface area contributed by atoms with E-state index in [9.17, 15) is 13.2 Å². The van der Waals surface area contributed by atoms with Crippen LogP contribution in [0.2, 0.25) is 0 Å². The van der Waals surface area contributed by atoms with Crippen LogP contribution in [0.15, 0.2) is 18.2 Å². The molecule has 0 radical (unpaired) electrons. The lowest BCUT2D eigenvalue weighted by Crippen LogP contribution is -2.38. The average molecular weight is 341 g/mol. The second kappa shape index (κ2) is 8.19. The fourth-order valence-electron chi connectivity index (χ4n) is 2.50. The Morgan fingerprint density at radius 3 is 2.26 bits per heavy atom. The van der Waals surface area contributed by atoms with Crippen molar-refractivity contribution in [2.75, 3.05) is 41.6 Å². The van der Waals surface area contributed by atoms with E-state index in [1.165, 1.54) is 17.5 Å². The van der Waals surface area contributed by atoms with Gasteiger partial charge in [0, 0.05) is 32.2 Å². The van der Waals surface area contributed by atoms with Gasteiger partial charge in [0.2, 0.25) is 15.9 Å². The Hall–Kier alpha value is -1.76. The van der Waals surface area contributed by atoms with Gasteiger partial charge in [-0.3, -0.25) is 9.10 Å². The first-order chi connectivity index (χ1) is 10.7. The van der Waals surface area contributed by atoms with Crippen molar-refractivity contribution >= 4 is 27.3 Å². The van der Waals surface area contributed by atoms with E-state index in [2.05, 4.69) is 24.1 Å². The molecule has 1 amide bonds. The fraction of sp³-hybridized carbons (Fsp3) is 0.562. The number of aryl methyl sites for hydroxylation is 1. The molecule has 0 aliphatic rings. The summed E-state index contributed by atoms with van der Waals surface area (Å²) in [6.45, 7) is 9.77. The van der Waals surface area contributed by atoms with Gasteiger partial charge in [-0.1, -0.05) is 0 Å². The maximum Gasteiger partial charge on any atom is 0.232 e. The number of benzene rings is 1. The van der Waals surface area contributed by atoms with Crippen LogP contribution in [0.1, 0.15) is 26.3 Å². The summed E-state index contributed by atoms with van der Waals surface area (Å²) in [6, 6.07) is 5.77. The largest absolute Gasteiger partial charge is 0.372 e. The summed E-state index contributed by atoms with van der Waals surface area (Å²) in [4.78, 5) is 13.2. The van der Waals surface area contributed by atoms with Gasteiger partial charge in [-0.2, -0.15) is 0 Å². The van der Waals surface area contributed by atoms with Gasteiger partial charge < -0.3 is 10.2 Å². The number of hydrogen-bond donors (Lipinski definition) is 1. The molecule has 130 valence electrons. The summed E-state index contributed by atoms with van der Waals surface area (Å²) in [6.07, 6.45) is 1.18. The van der Waals surface area contributed by atoms with Crippen LogP contribution in [0.4, 0.5) is 11.4 Å². The fourth-order valence-corrected chi connectivity index (χ4v) is 3.49. The molecule has 0 heterocycles. The Bertz CT molecular complexity index is 640. The standard InChI is InChI=1S/C16H27N3O3S/c1-6-18(7-2)15-8-9-16(13(3)12-15)19(23(5,21)22)11-10-17-14(4)20/h8-9,12H,6-7,10-11H2,1-5H3,(H,17,20). The molecule has 1 rings (SSSR count). The monoisotopic (exact) mass is 341 g/mol. The molecule has 0 saturated heterocycles. The first-order valence-corrected chi connectivity index (χ1v) is 9.63. The number of carbonyl (C=O) groups excluding carboxylic acids is 1. The van der Waals surface area contributed by atoms with Gasteiger partial charge in [0.15, 0.2) is 0 Å². The van der Waals surface area contributed by atoms with Crippen LogP contribution in [0.25, 0.3) is 0 Å². The summed E-state index contributed by atoms with van der Waals surface area (Å²) < 4.78 is 25.5. The molecule has 1 N–H and O–H groups in total. The van der Waals surface area contributed by atoms with Gasteiger partial charge in [0.05, 0.1) is 18.5 Å². The summed E-state index contributed by atoms with van der Waals surface area (Å²) in [7, 11) is -3.41. The highest BCUT2D eigenvalue weighted by molar-refractivity contribution is 7.92. The smallest absolute Gasteiger partial charge is 0.232 e. The van der Waals surface area contributed by atoms with Crippen LogP contribution in [-0.4, -0.2) is 46.8 Å². The highest BCUT2D eigenvalue weighted by atomic mass is 32.2. The molecule has 7 heteroatoms. The van der Waals surface area contributed by atoms with E-state index in [4.69, 9.17) is 0 Å². The molecule has 1 aromatic carbocycles. The summed E-state index contributed by atoms with van der Waals surface area (Å²) in [5, 5.41) is 2.63. The SMILES string of the molecule is CCN(CC)c1ccc(N(CCNC(C)=O)S(C)(=O)=O)c(C)c1. The van der Waals surface area contributed by atoms with E-state index in [0.717, 1.165) is 24.3 Å². The number of sulfonamides is 1. The first-order valence-electron chi connectivity index (χ1n) is 7.78. The van der Waals surface area contributed by atoms with Crippen molar-refractivity contribution in [3.8, 4) is 0 Å². The predicted molar refractivity (Wildman–Crippen MR) is 95.6 cm³/mol. The Morgan fingerprint density at radius 1 is 1.22 bits per heavy atom. The Balaban J connectivity index is 3.09. The van der Waals surface area contributed by atoms with Crippen LogP contribution in [0.3, 0.4) is 0 Å². The molecule has 0 spiro atoms. The molecule has 0 aliphatic heterocycles. The number of rotatable bonds is 8. The van der Waals surface area contributed by atoms with Crippen molar-refractivity contribution < 1.29 is 13.2 Å².